The molecule has 1 rings (SSSR count). The Morgan fingerprint density at radius 3 is 2.33 bits per heavy atom. The Morgan fingerprint density at radius 2 is 1.83 bits per heavy atom. The highest BCUT2D eigenvalue weighted by atomic mass is 32.2. The summed E-state index contributed by atoms with van der Waals surface area (Å²) in [6.07, 6.45) is 0. The van der Waals surface area contributed by atoms with Crippen molar-refractivity contribution in [1.29, 1.82) is 0 Å². The smallest absolute Gasteiger partial charge is 0.240 e. The number of anilines is 1. The van der Waals surface area contributed by atoms with E-state index in [9.17, 15) is 8.42 Å². The Morgan fingerprint density at radius 1 is 1.22 bits per heavy atom. The molecule has 0 aliphatic carbocycles. The van der Waals surface area contributed by atoms with Gasteiger partial charge in [0.05, 0.1) is 11.4 Å². The molecule has 4 nitrogen and oxygen atoms in total. The highest BCUT2D eigenvalue weighted by molar-refractivity contribution is 7.89. The van der Waals surface area contributed by atoms with E-state index in [1.54, 1.807) is 45.0 Å². The van der Waals surface area contributed by atoms with E-state index in [1.165, 1.54) is 0 Å². The molecule has 0 saturated carbocycles. The lowest BCUT2D eigenvalue weighted by molar-refractivity contribution is 0.570. The molecule has 2 N–H and O–H groups in total. The highest BCUT2D eigenvalue weighted by Crippen LogP contribution is 2.14. The van der Waals surface area contributed by atoms with E-state index < -0.39 is 10.0 Å². The fourth-order valence-electron chi connectivity index (χ4n) is 1.36. The molecule has 0 atom stereocenters. The van der Waals surface area contributed by atoms with Gasteiger partial charge in [-0.05, 0) is 45.0 Å². The van der Waals surface area contributed by atoms with Gasteiger partial charge in [-0.1, -0.05) is 5.92 Å². The molecule has 0 unspecified atom stereocenters. The van der Waals surface area contributed by atoms with E-state index in [0.29, 0.717) is 6.54 Å². The maximum absolute atomic E-state index is 11.9. The van der Waals surface area contributed by atoms with Gasteiger partial charge in [0.2, 0.25) is 10.0 Å². The van der Waals surface area contributed by atoms with Crippen LogP contribution in [-0.2, 0) is 10.0 Å². The summed E-state index contributed by atoms with van der Waals surface area (Å²) in [5.41, 5.74) is 0.848. The van der Waals surface area contributed by atoms with Gasteiger partial charge in [0.25, 0.3) is 0 Å². The predicted molar refractivity (Wildman–Crippen MR) is 73.8 cm³/mol. The standard InChI is InChI=1S/C13H18N2O2S/c1-4-5-10-14-12-6-8-13(9-7-12)18(16,17)15-11(2)3/h6-9,11,14-15H,10H2,1-3H3. The molecule has 0 spiro atoms. The van der Waals surface area contributed by atoms with Crippen LogP contribution in [0.15, 0.2) is 29.2 Å². The fraction of sp³-hybridized carbons (Fsp3) is 0.385. The monoisotopic (exact) mass is 266 g/mol. The topological polar surface area (TPSA) is 58.2 Å². The summed E-state index contributed by atoms with van der Waals surface area (Å²) in [5, 5.41) is 3.08. The van der Waals surface area contributed by atoms with Crippen LogP contribution in [0.25, 0.3) is 0 Å². The van der Waals surface area contributed by atoms with Crippen LogP contribution in [0.3, 0.4) is 0 Å². The Bertz CT molecular complexity index is 537. The summed E-state index contributed by atoms with van der Waals surface area (Å²) in [6, 6.07) is 6.49. The minimum atomic E-state index is -3.41. The molecule has 0 bridgehead atoms. The summed E-state index contributed by atoms with van der Waals surface area (Å²) in [5.74, 6) is 5.65. The van der Waals surface area contributed by atoms with Crippen LogP contribution in [0, 0.1) is 11.8 Å². The zero-order valence-corrected chi connectivity index (χ0v) is 11.6. The van der Waals surface area contributed by atoms with Crippen molar-refractivity contribution >= 4 is 15.7 Å². The average Bonchev–Trinajstić information content (AvgIpc) is 2.28. The van der Waals surface area contributed by atoms with Crippen molar-refractivity contribution in [3.63, 3.8) is 0 Å². The Hall–Kier alpha value is -1.51. The summed E-state index contributed by atoms with van der Waals surface area (Å²) >= 11 is 0. The van der Waals surface area contributed by atoms with Crippen molar-refractivity contribution in [2.75, 3.05) is 11.9 Å². The molecule has 98 valence electrons. The lowest BCUT2D eigenvalue weighted by Crippen LogP contribution is -2.30. The van der Waals surface area contributed by atoms with Gasteiger partial charge in [0.1, 0.15) is 0 Å². The lowest BCUT2D eigenvalue weighted by atomic mass is 10.3. The molecule has 5 heteroatoms. The van der Waals surface area contributed by atoms with E-state index in [0.717, 1.165) is 5.69 Å². The van der Waals surface area contributed by atoms with Crippen molar-refractivity contribution in [3.05, 3.63) is 24.3 Å². The molecule has 18 heavy (non-hydrogen) atoms. The van der Waals surface area contributed by atoms with Crippen molar-refractivity contribution in [3.8, 4) is 11.8 Å². The minimum absolute atomic E-state index is 0.118. The number of sulfonamides is 1. The number of nitrogens with one attached hydrogen (secondary N) is 2. The molecular weight excluding hydrogens is 248 g/mol. The molecule has 0 aromatic heterocycles. The Labute approximate surface area is 109 Å². The van der Waals surface area contributed by atoms with Crippen molar-refractivity contribution in [2.24, 2.45) is 0 Å². The Balaban J connectivity index is 2.78. The summed E-state index contributed by atoms with van der Waals surface area (Å²) in [7, 11) is -3.41. The summed E-state index contributed by atoms with van der Waals surface area (Å²) < 4.78 is 26.3. The SMILES string of the molecule is CC#CCNc1ccc(S(=O)(=O)NC(C)C)cc1. The molecule has 0 fully saturated rings. The van der Waals surface area contributed by atoms with Gasteiger partial charge in [0, 0.05) is 11.7 Å². The van der Waals surface area contributed by atoms with Crippen LogP contribution in [0.4, 0.5) is 5.69 Å². The van der Waals surface area contributed by atoms with Gasteiger partial charge < -0.3 is 5.32 Å². The number of rotatable bonds is 5. The van der Waals surface area contributed by atoms with Crippen LogP contribution in [0.5, 0.6) is 0 Å². The summed E-state index contributed by atoms with van der Waals surface area (Å²) in [4.78, 5) is 0.267. The maximum Gasteiger partial charge on any atom is 0.240 e. The molecule has 0 aliphatic rings. The largest absolute Gasteiger partial charge is 0.374 e. The molecule has 0 saturated heterocycles. The second-order valence-electron chi connectivity index (χ2n) is 4.08. The van der Waals surface area contributed by atoms with Crippen molar-refractivity contribution in [2.45, 2.75) is 31.7 Å². The highest BCUT2D eigenvalue weighted by Gasteiger charge is 2.14. The van der Waals surface area contributed by atoms with Crippen LogP contribution in [-0.4, -0.2) is 21.0 Å². The first-order valence-electron chi connectivity index (χ1n) is 5.71. The molecular formula is C13H18N2O2S. The minimum Gasteiger partial charge on any atom is -0.374 e. The molecule has 1 aromatic carbocycles. The third-order valence-electron chi connectivity index (χ3n) is 2.11. The summed E-state index contributed by atoms with van der Waals surface area (Å²) in [6.45, 7) is 5.90. The van der Waals surface area contributed by atoms with E-state index in [-0.39, 0.29) is 10.9 Å². The van der Waals surface area contributed by atoms with Gasteiger partial charge in [0.15, 0.2) is 0 Å². The average molecular weight is 266 g/mol. The molecule has 0 aliphatic heterocycles. The lowest BCUT2D eigenvalue weighted by Gasteiger charge is -2.10. The fourth-order valence-corrected chi connectivity index (χ4v) is 2.62. The van der Waals surface area contributed by atoms with Crippen LogP contribution in [0.1, 0.15) is 20.8 Å². The second kappa shape index (κ2) is 6.43. The van der Waals surface area contributed by atoms with E-state index >= 15 is 0 Å². The van der Waals surface area contributed by atoms with Crippen LogP contribution >= 0.6 is 0 Å². The van der Waals surface area contributed by atoms with Gasteiger partial charge in [-0.2, -0.15) is 0 Å². The quantitative estimate of drug-likeness (QED) is 0.799. The van der Waals surface area contributed by atoms with E-state index in [2.05, 4.69) is 21.9 Å². The number of hydrogen-bond donors (Lipinski definition) is 2. The maximum atomic E-state index is 11.9. The molecule has 0 amide bonds. The van der Waals surface area contributed by atoms with E-state index in [1.807, 2.05) is 0 Å². The predicted octanol–water partition coefficient (Wildman–Crippen LogP) is 1.81. The third kappa shape index (κ3) is 4.40. The number of hydrogen-bond acceptors (Lipinski definition) is 3. The Kier molecular flexibility index (Phi) is 5.20. The third-order valence-corrected chi connectivity index (χ3v) is 3.79. The molecule has 1 aromatic rings. The second-order valence-corrected chi connectivity index (χ2v) is 5.79. The molecule has 0 heterocycles. The van der Waals surface area contributed by atoms with Crippen molar-refractivity contribution in [1.82, 2.24) is 4.72 Å². The van der Waals surface area contributed by atoms with Gasteiger partial charge >= 0.3 is 0 Å². The van der Waals surface area contributed by atoms with Gasteiger partial charge in [-0.15, -0.1) is 5.92 Å². The normalized spacial score (nSPS) is 10.9. The first-order chi connectivity index (χ1) is 8.45. The number of benzene rings is 1. The van der Waals surface area contributed by atoms with E-state index in [4.69, 9.17) is 0 Å². The first-order valence-corrected chi connectivity index (χ1v) is 7.20. The van der Waals surface area contributed by atoms with Gasteiger partial charge in [-0.3, -0.25) is 0 Å². The molecule has 0 radical (unpaired) electrons. The van der Waals surface area contributed by atoms with Crippen LogP contribution < -0.4 is 10.0 Å². The van der Waals surface area contributed by atoms with Gasteiger partial charge in [-0.25, -0.2) is 13.1 Å². The van der Waals surface area contributed by atoms with Crippen LogP contribution in [0.2, 0.25) is 0 Å². The zero-order chi connectivity index (χ0) is 13.6. The zero-order valence-electron chi connectivity index (χ0n) is 10.8. The van der Waals surface area contributed by atoms with Crippen molar-refractivity contribution < 1.29 is 8.42 Å². The first kappa shape index (κ1) is 14.6.